The predicted octanol–water partition coefficient (Wildman–Crippen LogP) is 1.02. The van der Waals surface area contributed by atoms with Gasteiger partial charge in [0.15, 0.2) is 0 Å². The summed E-state index contributed by atoms with van der Waals surface area (Å²) in [6.45, 7) is 1.81. The lowest BCUT2D eigenvalue weighted by Gasteiger charge is -2.24. The number of hydrogen-bond acceptors (Lipinski definition) is 3. The highest BCUT2D eigenvalue weighted by Crippen LogP contribution is 2.28. The molecule has 1 heterocycles. The highest BCUT2D eigenvalue weighted by molar-refractivity contribution is 6.03. The molecule has 0 saturated heterocycles. The van der Waals surface area contributed by atoms with Crippen LogP contribution in [0.5, 0.6) is 0 Å². The summed E-state index contributed by atoms with van der Waals surface area (Å²) in [5.74, 6) is -0.0295. The van der Waals surface area contributed by atoms with Crippen LogP contribution in [0.25, 0.3) is 0 Å². The van der Waals surface area contributed by atoms with E-state index >= 15 is 0 Å². The molecule has 13 heavy (non-hydrogen) atoms. The molecular formula is C9H11N3O. The molecule has 2 rings (SSSR count). The molecule has 0 fully saturated rings. The van der Waals surface area contributed by atoms with Crippen molar-refractivity contribution in [3.63, 3.8) is 0 Å². The van der Waals surface area contributed by atoms with Crippen molar-refractivity contribution in [2.75, 3.05) is 16.4 Å². The first kappa shape index (κ1) is 7.91. The van der Waals surface area contributed by atoms with Crippen LogP contribution < -0.4 is 16.4 Å². The van der Waals surface area contributed by atoms with Gasteiger partial charge in [0.05, 0.1) is 11.4 Å². The summed E-state index contributed by atoms with van der Waals surface area (Å²) in [4.78, 5) is 11.3. The Bertz CT molecular complexity index is 362. The molecule has 4 N–H and O–H groups in total. The van der Waals surface area contributed by atoms with E-state index in [0.29, 0.717) is 5.69 Å². The van der Waals surface area contributed by atoms with E-state index in [1.807, 2.05) is 13.0 Å². The highest BCUT2D eigenvalue weighted by Gasteiger charge is 2.20. The first-order valence-electron chi connectivity index (χ1n) is 4.14. The van der Waals surface area contributed by atoms with Crippen LogP contribution >= 0.6 is 0 Å². The van der Waals surface area contributed by atoms with Crippen molar-refractivity contribution >= 4 is 23.0 Å². The summed E-state index contributed by atoms with van der Waals surface area (Å²) in [6, 6.07) is 5.22. The second-order valence-corrected chi connectivity index (χ2v) is 3.16. The number of hydrogen-bond donors (Lipinski definition) is 3. The van der Waals surface area contributed by atoms with Crippen molar-refractivity contribution in [3.05, 3.63) is 18.2 Å². The first-order valence-corrected chi connectivity index (χ1v) is 4.14. The quantitative estimate of drug-likeness (QED) is 0.518. The number of nitrogens with one attached hydrogen (secondary N) is 2. The molecule has 0 aromatic heterocycles. The minimum absolute atomic E-state index is 0.0295. The van der Waals surface area contributed by atoms with Crippen LogP contribution in [0.4, 0.5) is 17.1 Å². The number of carbonyl (C=O) groups is 1. The van der Waals surface area contributed by atoms with Crippen LogP contribution in [-0.4, -0.2) is 11.9 Å². The van der Waals surface area contributed by atoms with Crippen LogP contribution in [0.2, 0.25) is 0 Å². The molecule has 0 unspecified atom stereocenters. The van der Waals surface area contributed by atoms with Gasteiger partial charge in [0, 0.05) is 5.69 Å². The van der Waals surface area contributed by atoms with Crippen molar-refractivity contribution in [2.45, 2.75) is 13.0 Å². The lowest BCUT2D eigenvalue weighted by atomic mass is 10.1. The monoisotopic (exact) mass is 177 g/mol. The smallest absolute Gasteiger partial charge is 0.246 e. The number of rotatable bonds is 0. The Hall–Kier alpha value is -1.71. The summed E-state index contributed by atoms with van der Waals surface area (Å²) in [6.07, 6.45) is 0. The predicted molar refractivity (Wildman–Crippen MR) is 52.6 cm³/mol. The molecule has 0 radical (unpaired) electrons. The van der Waals surface area contributed by atoms with Crippen molar-refractivity contribution in [1.82, 2.24) is 0 Å². The molecule has 1 amide bonds. The maximum Gasteiger partial charge on any atom is 0.246 e. The van der Waals surface area contributed by atoms with Gasteiger partial charge in [0.2, 0.25) is 5.91 Å². The Kier molecular flexibility index (Phi) is 1.62. The van der Waals surface area contributed by atoms with Crippen LogP contribution in [0, 0.1) is 0 Å². The SMILES string of the molecule is C[C@@H]1Nc2ccc(N)cc2NC1=O. The molecule has 1 aliphatic heterocycles. The third-order valence-electron chi connectivity index (χ3n) is 2.07. The number of nitrogens with two attached hydrogens (primary N) is 1. The molecular weight excluding hydrogens is 166 g/mol. The Morgan fingerprint density at radius 3 is 2.92 bits per heavy atom. The lowest BCUT2D eigenvalue weighted by molar-refractivity contribution is -0.116. The minimum Gasteiger partial charge on any atom is -0.399 e. The molecule has 0 bridgehead atoms. The van der Waals surface area contributed by atoms with Gasteiger partial charge in [-0.1, -0.05) is 0 Å². The average Bonchev–Trinajstić information content (AvgIpc) is 2.08. The zero-order valence-corrected chi connectivity index (χ0v) is 7.29. The van der Waals surface area contributed by atoms with E-state index in [4.69, 9.17) is 5.73 Å². The average molecular weight is 177 g/mol. The highest BCUT2D eigenvalue weighted by atomic mass is 16.2. The normalized spacial score (nSPS) is 20.1. The Balaban J connectivity index is 2.42. The molecule has 1 aromatic rings. The Morgan fingerprint density at radius 2 is 2.15 bits per heavy atom. The molecule has 1 aromatic carbocycles. The van der Waals surface area contributed by atoms with Crippen molar-refractivity contribution in [2.24, 2.45) is 0 Å². The molecule has 4 nitrogen and oxygen atoms in total. The maximum absolute atomic E-state index is 11.3. The van der Waals surface area contributed by atoms with E-state index in [2.05, 4.69) is 10.6 Å². The van der Waals surface area contributed by atoms with E-state index < -0.39 is 0 Å². The summed E-state index contributed by atoms with van der Waals surface area (Å²) in [7, 11) is 0. The molecule has 0 saturated carbocycles. The van der Waals surface area contributed by atoms with Crippen LogP contribution in [0.1, 0.15) is 6.92 Å². The number of nitrogen functional groups attached to an aromatic ring is 1. The van der Waals surface area contributed by atoms with Crippen LogP contribution in [0.15, 0.2) is 18.2 Å². The molecule has 1 aliphatic rings. The standard InChI is InChI=1S/C9H11N3O/c1-5-9(13)12-8-4-6(10)2-3-7(8)11-5/h2-5,11H,10H2,1H3,(H,12,13)/t5-/m0/s1. The number of amides is 1. The van der Waals surface area contributed by atoms with Crippen molar-refractivity contribution < 1.29 is 4.79 Å². The third kappa shape index (κ3) is 1.30. The molecule has 0 aliphatic carbocycles. The molecule has 0 spiro atoms. The van der Waals surface area contributed by atoms with Gasteiger partial charge in [-0.25, -0.2) is 0 Å². The summed E-state index contributed by atoms with van der Waals surface area (Å²) in [5.41, 5.74) is 7.90. The second-order valence-electron chi connectivity index (χ2n) is 3.16. The summed E-state index contributed by atoms with van der Waals surface area (Å²) >= 11 is 0. The van der Waals surface area contributed by atoms with E-state index in [1.165, 1.54) is 0 Å². The topological polar surface area (TPSA) is 67.2 Å². The van der Waals surface area contributed by atoms with Crippen LogP contribution in [0.3, 0.4) is 0 Å². The van der Waals surface area contributed by atoms with E-state index in [9.17, 15) is 4.79 Å². The van der Waals surface area contributed by atoms with Crippen LogP contribution in [-0.2, 0) is 4.79 Å². The zero-order chi connectivity index (χ0) is 9.42. The third-order valence-corrected chi connectivity index (χ3v) is 2.07. The van der Waals surface area contributed by atoms with E-state index in [0.717, 1.165) is 11.4 Å². The van der Waals surface area contributed by atoms with Gasteiger partial charge in [-0.3, -0.25) is 4.79 Å². The minimum atomic E-state index is -0.184. The van der Waals surface area contributed by atoms with E-state index in [1.54, 1.807) is 12.1 Å². The van der Waals surface area contributed by atoms with Crippen molar-refractivity contribution in [1.29, 1.82) is 0 Å². The number of benzene rings is 1. The maximum atomic E-state index is 11.3. The fraction of sp³-hybridized carbons (Fsp3) is 0.222. The fourth-order valence-corrected chi connectivity index (χ4v) is 1.33. The van der Waals surface area contributed by atoms with Gasteiger partial charge in [-0.15, -0.1) is 0 Å². The van der Waals surface area contributed by atoms with Gasteiger partial charge in [0.1, 0.15) is 6.04 Å². The van der Waals surface area contributed by atoms with Gasteiger partial charge in [-0.05, 0) is 25.1 Å². The number of fused-ring (bicyclic) bond motifs is 1. The van der Waals surface area contributed by atoms with Crippen molar-refractivity contribution in [3.8, 4) is 0 Å². The van der Waals surface area contributed by atoms with Gasteiger partial charge in [-0.2, -0.15) is 0 Å². The largest absolute Gasteiger partial charge is 0.399 e. The number of anilines is 3. The Morgan fingerprint density at radius 1 is 1.38 bits per heavy atom. The summed E-state index contributed by atoms with van der Waals surface area (Å²) < 4.78 is 0. The molecule has 4 heteroatoms. The van der Waals surface area contributed by atoms with Gasteiger partial charge in [0.25, 0.3) is 0 Å². The van der Waals surface area contributed by atoms with Gasteiger partial charge >= 0.3 is 0 Å². The fourth-order valence-electron chi connectivity index (χ4n) is 1.33. The summed E-state index contributed by atoms with van der Waals surface area (Å²) in [5, 5.41) is 5.84. The lowest BCUT2D eigenvalue weighted by Crippen LogP contribution is -2.36. The first-order chi connectivity index (χ1) is 6.16. The number of carbonyl (C=O) groups excluding carboxylic acids is 1. The second kappa shape index (κ2) is 2.65. The van der Waals surface area contributed by atoms with Gasteiger partial charge < -0.3 is 16.4 Å². The molecule has 68 valence electrons. The van der Waals surface area contributed by atoms with E-state index in [-0.39, 0.29) is 11.9 Å². The Labute approximate surface area is 76.1 Å². The zero-order valence-electron chi connectivity index (χ0n) is 7.29. The molecule has 1 atom stereocenters.